The van der Waals surface area contributed by atoms with E-state index >= 15 is 0 Å². The topological polar surface area (TPSA) is 85.3 Å². The number of nitrogens with two attached hydrogens (primary N) is 1. The molecule has 0 atom stereocenters. The van der Waals surface area contributed by atoms with Crippen LogP contribution in [0.15, 0.2) is 5.10 Å². The van der Waals surface area contributed by atoms with Crippen LogP contribution in [0.2, 0.25) is 0 Å². The highest BCUT2D eigenvalue weighted by Gasteiger charge is 2.27. The van der Waals surface area contributed by atoms with Gasteiger partial charge in [0.25, 0.3) is 0 Å². The van der Waals surface area contributed by atoms with Gasteiger partial charge in [-0.3, -0.25) is 9.36 Å². The van der Waals surface area contributed by atoms with Gasteiger partial charge >= 0.3 is 0 Å². The Morgan fingerprint density at radius 1 is 1.47 bits per heavy atom. The van der Waals surface area contributed by atoms with Crippen LogP contribution >= 0.6 is 23.1 Å². The van der Waals surface area contributed by atoms with Crippen molar-refractivity contribution in [3.63, 3.8) is 0 Å². The molecule has 4 rings (SSSR count). The van der Waals surface area contributed by atoms with Crippen molar-refractivity contribution < 1.29 is 4.79 Å². The van der Waals surface area contributed by atoms with E-state index in [9.17, 15) is 4.79 Å². The second-order valence-corrected chi connectivity index (χ2v) is 6.70. The number of hydrogen-bond acceptors (Lipinski definition) is 6. The quantitative estimate of drug-likeness (QED) is 0.550. The number of anilines is 1. The van der Waals surface area contributed by atoms with Gasteiger partial charge in [0.2, 0.25) is 11.5 Å². The first-order valence-electron chi connectivity index (χ1n) is 5.94. The molecular formula is C11H11N5OS2. The average Bonchev–Trinajstić information content (AvgIpc) is 2.96. The summed E-state index contributed by atoms with van der Waals surface area (Å²) in [5.41, 5.74) is 1.74. The van der Waals surface area contributed by atoms with Crippen LogP contribution in [0.25, 0.3) is 10.2 Å². The molecule has 0 aliphatic carbocycles. The second-order valence-electron chi connectivity index (χ2n) is 4.51. The smallest absolute Gasteiger partial charge is 0.249 e. The van der Waals surface area contributed by atoms with E-state index in [0.717, 1.165) is 34.0 Å². The molecule has 0 fully saturated rings. The standard InChI is InChI=1S/C11H11N5OS2/c12-15-11-14-10-8(9-13-7(17)3-16(9)11)5-1-2-18-4-6(5)19-10/h1-4,12H2,(H,13,17)/b15-11+. The molecule has 8 heteroatoms. The number of amides is 1. The first-order valence-corrected chi connectivity index (χ1v) is 7.91. The maximum atomic E-state index is 11.7. The molecule has 0 unspecified atom stereocenters. The summed E-state index contributed by atoms with van der Waals surface area (Å²) < 4.78 is 1.76. The number of rotatable bonds is 0. The summed E-state index contributed by atoms with van der Waals surface area (Å²) in [6.45, 7) is 0.244. The molecular weight excluding hydrogens is 282 g/mol. The highest BCUT2D eigenvalue weighted by molar-refractivity contribution is 7.98. The minimum atomic E-state index is -0.0377. The van der Waals surface area contributed by atoms with Crippen LogP contribution < -0.4 is 16.8 Å². The minimum absolute atomic E-state index is 0.0377. The fourth-order valence-corrected chi connectivity index (χ4v) is 4.97. The van der Waals surface area contributed by atoms with Gasteiger partial charge in [-0.15, -0.1) is 16.4 Å². The molecule has 2 aromatic heterocycles. The summed E-state index contributed by atoms with van der Waals surface area (Å²) in [6, 6.07) is 0. The van der Waals surface area contributed by atoms with E-state index in [1.165, 1.54) is 10.4 Å². The summed E-state index contributed by atoms with van der Waals surface area (Å²) in [7, 11) is 0. The number of fused-ring (bicyclic) bond motifs is 5. The molecule has 6 nitrogen and oxygen atoms in total. The molecule has 0 spiro atoms. The van der Waals surface area contributed by atoms with Gasteiger partial charge in [0.05, 0.1) is 5.39 Å². The van der Waals surface area contributed by atoms with Gasteiger partial charge in [0, 0.05) is 10.6 Å². The molecule has 0 bridgehead atoms. The van der Waals surface area contributed by atoms with Crippen LogP contribution in [0.3, 0.4) is 0 Å². The van der Waals surface area contributed by atoms with E-state index in [0.29, 0.717) is 5.62 Å². The second kappa shape index (κ2) is 3.97. The van der Waals surface area contributed by atoms with E-state index in [-0.39, 0.29) is 12.5 Å². The summed E-state index contributed by atoms with van der Waals surface area (Å²) in [5, 5.41) is 7.70. The van der Waals surface area contributed by atoms with Gasteiger partial charge in [-0.05, 0) is 17.7 Å². The number of hydrogen-bond donors (Lipinski definition) is 2. The summed E-state index contributed by atoms with van der Waals surface area (Å²) in [6.07, 6.45) is 1.03. The molecule has 4 heterocycles. The SMILES string of the molecule is N/N=c1\nc2sc3c(c2c2n1CC(=O)N2)CCSC3. The lowest BCUT2D eigenvalue weighted by Gasteiger charge is -2.11. The van der Waals surface area contributed by atoms with Crippen LogP contribution in [-0.2, 0) is 23.5 Å². The van der Waals surface area contributed by atoms with Crippen LogP contribution in [0, 0.1) is 0 Å². The zero-order chi connectivity index (χ0) is 13.0. The van der Waals surface area contributed by atoms with Crippen molar-refractivity contribution in [2.75, 3.05) is 11.1 Å². The number of nitrogens with one attached hydrogen (secondary N) is 1. The Kier molecular flexibility index (Phi) is 2.36. The maximum Gasteiger partial charge on any atom is 0.249 e. The van der Waals surface area contributed by atoms with E-state index < -0.39 is 0 Å². The number of carbonyl (C=O) groups is 1. The Balaban J connectivity index is 2.13. The third kappa shape index (κ3) is 1.53. The molecule has 98 valence electrons. The van der Waals surface area contributed by atoms with Crippen molar-refractivity contribution in [2.45, 2.75) is 18.7 Å². The average molecular weight is 293 g/mol. The van der Waals surface area contributed by atoms with E-state index in [4.69, 9.17) is 5.84 Å². The summed E-state index contributed by atoms with van der Waals surface area (Å²) in [4.78, 5) is 18.4. The van der Waals surface area contributed by atoms with Crippen LogP contribution in [0.1, 0.15) is 10.4 Å². The Morgan fingerprint density at radius 3 is 3.21 bits per heavy atom. The predicted octanol–water partition coefficient (Wildman–Crippen LogP) is 0.614. The van der Waals surface area contributed by atoms with Crippen molar-refractivity contribution >= 4 is 45.0 Å². The number of thiophene rings is 1. The largest absolute Gasteiger partial charge is 0.320 e. The lowest BCUT2D eigenvalue weighted by molar-refractivity contribution is -0.115. The van der Waals surface area contributed by atoms with Crippen molar-refractivity contribution in [3.8, 4) is 0 Å². The van der Waals surface area contributed by atoms with Crippen molar-refractivity contribution in [1.82, 2.24) is 9.55 Å². The molecule has 0 saturated carbocycles. The van der Waals surface area contributed by atoms with Crippen molar-refractivity contribution in [3.05, 3.63) is 16.1 Å². The highest BCUT2D eigenvalue weighted by Crippen LogP contribution is 2.40. The van der Waals surface area contributed by atoms with Crippen molar-refractivity contribution in [1.29, 1.82) is 0 Å². The van der Waals surface area contributed by atoms with Gasteiger partial charge < -0.3 is 11.2 Å². The predicted molar refractivity (Wildman–Crippen MR) is 75.9 cm³/mol. The third-order valence-electron chi connectivity index (χ3n) is 3.43. The van der Waals surface area contributed by atoms with E-state index in [2.05, 4.69) is 15.4 Å². The first-order chi connectivity index (χ1) is 9.28. The third-order valence-corrected chi connectivity index (χ3v) is 5.72. The summed E-state index contributed by atoms with van der Waals surface area (Å²) in [5.74, 6) is 8.30. The maximum absolute atomic E-state index is 11.7. The van der Waals surface area contributed by atoms with Gasteiger partial charge in [-0.1, -0.05) is 0 Å². The Bertz CT molecular complexity index is 775. The molecule has 2 aromatic rings. The molecule has 2 aliphatic heterocycles. The lowest BCUT2D eigenvalue weighted by atomic mass is 10.1. The summed E-state index contributed by atoms with van der Waals surface area (Å²) >= 11 is 3.62. The van der Waals surface area contributed by atoms with Gasteiger partial charge in [0.15, 0.2) is 0 Å². The van der Waals surface area contributed by atoms with E-state index in [1.807, 2.05) is 11.8 Å². The molecule has 0 aromatic carbocycles. The number of thioether (sulfide) groups is 1. The Labute approximate surface area is 116 Å². The lowest BCUT2D eigenvalue weighted by Crippen LogP contribution is -2.24. The molecule has 0 radical (unpaired) electrons. The van der Waals surface area contributed by atoms with Crippen LogP contribution in [0.5, 0.6) is 0 Å². The van der Waals surface area contributed by atoms with Crippen LogP contribution in [0.4, 0.5) is 5.82 Å². The highest BCUT2D eigenvalue weighted by atomic mass is 32.2. The first kappa shape index (κ1) is 11.3. The molecule has 3 N–H and O–H groups in total. The zero-order valence-electron chi connectivity index (χ0n) is 9.97. The fraction of sp³-hybridized carbons (Fsp3) is 0.364. The van der Waals surface area contributed by atoms with Gasteiger partial charge in [0.1, 0.15) is 17.2 Å². The fourth-order valence-electron chi connectivity index (χ4n) is 2.62. The molecule has 0 saturated heterocycles. The van der Waals surface area contributed by atoms with Gasteiger partial charge in [-0.2, -0.15) is 11.8 Å². The molecule has 19 heavy (non-hydrogen) atoms. The van der Waals surface area contributed by atoms with Gasteiger partial charge in [-0.25, -0.2) is 4.98 Å². The van der Waals surface area contributed by atoms with E-state index in [1.54, 1.807) is 15.9 Å². The minimum Gasteiger partial charge on any atom is -0.320 e. The molecule has 1 amide bonds. The Morgan fingerprint density at radius 2 is 2.37 bits per heavy atom. The Hall–Kier alpha value is -1.54. The number of nitrogens with zero attached hydrogens (tertiary/aromatic N) is 3. The number of aryl methyl sites for hydroxylation is 1. The normalized spacial score (nSPS) is 18.5. The van der Waals surface area contributed by atoms with Crippen molar-refractivity contribution in [2.24, 2.45) is 10.9 Å². The zero-order valence-corrected chi connectivity index (χ0v) is 11.6. The monoisotopic (exact) mass is 293 g/mol. The molecule has 2 aliphatic rings. The van der Waals surface area contributed by atoms with Crippen LogP contribution in [-0.4, -0.2) is 21.2 Å². The number of carbonyl (C=O) groups excluding carboxylic acids is 1. The number of aromatic nitrogens is 2.